The molecule has 2 atom stereocenters. The van der Waals surface area contributed by atoms with Crippen LogP contribution < -0.4 is 5.32 Å². The average molecular weight is 410 g/mol. The van der Waals surface area contributed by atoms with Crippen molar-refractivity contribution in [1.29, 1.82) is 0 Å². The molecule has 7 heteroatoms. The molecule has 0 unspecified atom stereocenters. The zero-order valence-electron chi connectivity index (χ0n) is 18.1. The fraction of sp³-hybridized carbons (Fsp3) is 0.391. The molecule has 0 amide bonds. The van der Waals surface area contributed by atoms with Crippen LogP contribution in [0, 0.1) is 16.0 Å². The minimum atomic E-state index is -0.431. The van der Waals surface area contributed by atoms with E-state index in [9.17, 15) is 10.1 Å². The third-order valence-electron chi connectivity index (χ3n) is 5.36. The molecule has 0 bridgehead atoms. The number of hydrogen-bond donors (Lipinski definition) is 1. The van der Waals surface area contributed by atoms with Gasteiger partial charge in [-0.1, -0.05) is 52.0 Å². The first-order valence-electron chi connectivity index (χ1n) is 10.3. The fourth-order valence-electron chi connectivity index (χ4n) is 3.48. The normalized spacial score (nSPS) is 13.6. The van der Waals surface area contributed by atoms with Gasteiger partial charge in [-0.3, -0.25) is 10.1 Å². The summed E-state index contributed by atoms with van der Waals surface area (Å²) in [4.78, 5) is 10.4. The van der Waals surface area contributed by atoms with Crippen molar-refractivity contribution < 1.29 is 14.7 Å². The monoisotopic (exact) mass is 409 g/mol. The maximum Gasteiger partial charge on any atom is 0.274 e. The first kappa shape index (κ1) is 21.6. The standard InChI is InChI=1S/C23H28N4O3/c1-14(2)17-6-8-18(9-7-17)21(15(3)4)24-16(5)22-25-26-23(30-22)19-10-12-20(13-11-19)27(28)29/h6-16,21,24H,1-5H3/p+1/t16-,21+/m0/s1. The van der Waals surface area contributed by atoms with Gasteiger partial charge in [0.25, 0.3) is 11.6 Å². The molecule has 2 aromatic carbocycles. The maximum atomic E-state index is 10.8. The molecule has 0 aliphatic carbocycles. The predicted octanol–water partition coefficient (Wildman–Crippen LogP) is 4.79. The van der Waals surface area contributed by atoms with E-state index < -0.39 is 4.92 Å². The zero-order valence-corrected chi connectivity index (χ0v) is 18.1. The third kappa shape index (κ3) is 4.91. The number of hydrogen-bond acceptors (Lipinski definition) is 5. The lowest BCUT2D eigenvalue weighted by atomic mass is 9.93. The summed E-state index contributed by atoms with van der Waals surface area (Å²) < 4.78 is 5.88. The molecule has 0 aliphatic heterocycles. The Morgan fingerprint density at radius 1 is 0.900 bits per heavy atom. The molecule has 0 saturated heterocycles. The van der Waals surface area contributed by atoms with Gasteiger partial charge in [0.1, 0.15) is 6.04 Å². The second kappa shape index (κ2) is 9.17. The first-order chi connectivity index (χ1) is 14.3. The molecule has 0 aliphatic rings. The van der Waals surface area contributed by atoms with Crippen molar-refractivity contribution >= 4 is 5.69 Å². The molecule has 30 heavy (non-hydrogen) atoms. The van der Waals surface area contributed by atoms with Crippen LogP contribution in [0.2, 0.25) is 0 Å². The smallest absolute Gasteiger partial charge is 0.274 e. The van der Waals surface area contributed by atoms with Gasteiger partial charge in [-0.05, 0) is 30.5 Å². The van der Waals surface area contributed by atoms with Gasteiger partial charge in [-0.15, -0.1) is 10.2 Å². The number of nitrogens with zero attached hydrogens (tertiary/aromatic N) is 3. The van der Waals surface area contributed by atoms with Crippen molar-refractivity contribution in [2.45, 2.75) is 52.6 Å². The third-order valence-corrected chi connectivity index (χ3v) is 5.36. The number of non-ortho nitro benzene ring substituents is 1. The summed E-state index contributed by atoms with van der Waals surface area (Å²) in [6, 6.07) is 15.2. The van der Waals surface area contributed by atoms with E-state index in [-0.39, 0.29) is 17.8 Å². The quantitative estimate of drug-likeness (QED) is 0.426. The first-order valence-corrected chi connectivity index (χ1v) is 10.3. The van der Waals surface area contributed by atoms with E-state index in [1.165, 1.54) is 23.3 Å². The van der Waals surface area contributed by atoms with E-state index in [1.807, 2.05) is 6.92 Å². The highest BCUT2D eigenvalue weighted by atomic mass is 16.6. The molecule has 158 valence electrons. The van der Waals surface area contributed by atoms with Crippen LogP contribution in [0.4, 0.5) is 5.69 Å². The predicted molar refractivity (Wildman–Crippen MR) is 115 cm³/mol. The SMILES string of the molecule is CC(C)c1ccc([C@H]([NH2+][C@@H](C)c2nnc(-c3ccc([N+](=O)[O-])cc3)o2)C(C)C)cc1. The van der Waals surface area contributed by atoms with Crippen molar-refractivity contribution in [3.63, 3.8) is 0 Å². The van der Waals surface area contributed by atoms with E-state index in [0.29, 0.717) is 29.2 Å². The molecular formula is C23H29N4O3+. The summed E-state index contributed by atoms with van der Waals surface area (Å²) in [6.07, 6.45) is 0. The van der Waals surface area contributed by atoms with Crippen LogP contribution in [0.3, 0.4) is 0 Å². The number of quaternary nitrogens is 1. The lowest BCUT2D eigenvalue weighted by molar-refractivity contribution is -0.739. The van der Waals surface area contributed by atoms with Crippen molar-refractivity contribution in [3.05, 3.63) is 75.7 Å². The van der Waals surface area contributed by atoms with Gasteiger partial charge in [-0.25, -0.2) is 0 Å². The van der Waals surface area contributed by atoms with Crippen LogP contribution in [0.5, 0.6) is 0 Å². The Labute approximate surface area is 176 Å². The van der Waals surface area contributed by atoms with E-state index >= 15 is 0 Å². The Morgan fingerprint density at radius 2 is 1.50 bits per heavy atom. The number of rotatable bonds is 8. The fourth-order valence-corrected chi connectivity index (χ4v) is 3.48. The second-order valence-electron chi connectivity index (χ2n) is 8.32. The Kier molecular flexibility index (Phi) is 6.62. The highest BCUT2D eigenvalue weighted by Crippen LogP contribution is 2.25. The number of nitro benzene ring substituents is 1. The number of benzene rings is 2. The van der Waals surface area contributed by atoms with Crippen LogP contribution in [0.1, 0.15) is 69.6 Å². The molecule has 2 N–H and O–H groups in total. The van der Waals surface area contributed by atoms with Gasteiger partial charge >= 0.3 is 0 Å². The second-order valence-corrected chi connectivity index (χ2v) is 8.32. The molecule has 0 fully saturated rings. The van der Waals surface area contributed by atoms with Crippen molar-refractivity contribution in [2.24, 2.45) is 5.92 Å². The van der Waals surface area contributed by atoms with Crippen LogP contribution in [0.15, 0.2) is 52.9 Å². The lowest BCUT2D eigenvalue weighted by Gasteiger charge is -2.22. The molecule has 0 radical (unpaired) electrons. The number of nitro groups is 1. The van der Waals surface area contributed by atoms with Crippen LogP contribution in [0.25, 0.3) is 11.5 Å². The minimum Gasteiger partial charge on any atom is -0.415 e. The molecule has 3 rings (SSSR count). The van der Waals surface area contributed by atoms with Crippen molar-refractivity contribution in [1.82, 2.24) is 10.2 Å². The van der Waals surface area contributed by atoms with Crippen molar-refractivity contribution in [3.8, 4) is 11.5 Å². The van der Waals surface area contributed by atoms with Crippen molar-refractivity contribution in [2.75, 3.05) is 0 Å². The molecule has 1 heterocycles. The lowest BCUT2D eigenvalue weighted by Crippen LogP contribution is -2.86. The topological polar surface area (TPSA) is 98.7 Å². The highest BCUT2D eigenvalue weighted by molar-refractivity contribution is 5.55. The van der Waals surface area contributed by atoms with Gasteiger partial charge < -0.3 is 9.73 Å². The van der Waals surface area contributed by atoms with Gasteiger partial charge in [0.2, 0.25) is 5.89 Å². The Morgan fingerprint density at radius 3 is 2.03 bits per heavy atom. The van der Waals surface area contributed by atoms with Gasteiger partial charge in [0.05, 0.1) is 4.92 Å². The Hall–Kier alpha value is -3.06. The van der Waals surface area contributed by atoms with Gasteiger partial charge in [-0.2, -0.15) is 0 Å². The van der Waals surface area contributed by atoms with Crippen LogP contribution in [-0.4, -0.2) is 15.1 Å². The van der Waals surface area contributed by atoms with E-state index in [1.54, 1.807) is 12.1 Å². The molecule has 1 aromatic heterocycles. The highest BCUT2D eigenvalue weighted by Gasteiger charge is 2.26. The van der Waals surface area contributed by atoms with Gasteiger partial charge in [0.15, 0.2) is 6.04 Å². The summed E-state index contributed by atoms with van der Waals surface area (Å²) in [6.45, 7) is 10.9. The summed E-state index contributed by atoms with van der Waals surface area (Å²) in [5.41, 5.74) is 3.30. The largest absolute Gasteiger partial charge is 0.415 e. The average Bonchev–Trinajstić information content (AvgIpc) is 3.22. The molecule has 0 saturated carbocycles. The van der Waals surface area contributed by atoms with E-state index in [4.69, 9.17) is 4.42 Å². The molecule has 7 nitrogen and oxygen atoms in total. The summed E-state index contributed by atoms with van der Waals surface area (Å²) in [5, 5.41) is 21.4. The Bertz CT molecular complexity index is 978. The number of nitrogens with two attached hydrogens (primary N) is 1. The van der Waals surface area contributed by atoms with E-state index in [2.05, 4.69) is 67.5 Å². The molecule has 0 spiro atoms. The summed E-state index contributed by atoms with van der Waals surface area (Å²) in [5.74, 6) is 1.83. The summed E-state index contributed by atoms with van der Waals surface area (Å²) >= 11 is 0. The van der Waals surface area contributed by atoms with Crippen LogP contribution in [-0.2, 0) is 0 Å². The molecular weight excluding hydrogens is 380 g/mol. The van der Waals surface area contributed by atoms with E-state index in [0.717, 1.165) is 0 Å². The van der Waals surface area contributed by atoms with Crippen LogP contribution >= 0.6 is 0 Å². The van der Waals surface area contributed by atoms with Gasteiger partial charge in [0, 0.05) is 29.2 Å². The molecule has 3 aromatic rings. The summed E-state index contributed by atoms with van der Waals surface area (Å²) in [7, 11) is 0. The zero-order chi connectivity index (χ0) is 21.8. The Balaban J connectivity index is 1.75. The number of aromatic nitrogens is 2. The minimum absolute atomic E-state index is 0.0264. The maximum absolute atomic E-state index is 10.8.